The van der Waals surface area contributed by atoms with Gasteiger partial charge in [0.15, 0.2) is 0 Å². The van der Waals surface area contributed by atoms with Crippen LogP contribution in [0.5, 0.6) is 0 Å². The summed E-state index contributed by atoms with van der Waals surface area (Å²) in [5.41, 5.74) is 9.32. The number of halogens is 1. The Morgan fingerprint density at radius 2 is 1.96 bits per heavy atom. The number of H-pyrrole nitrogens is 1. The molecule has 1 aromatic carbocycles. The minimum atomic E-state index is -0.0282. The number of carbonyl (C=O) groups is 1. The molecule has 3 aromatic rings. The molecule has 0 bridgehead atoms. The molecule has 0 unspecified atom stereocenters. The smallest absolute Gasteiger partial charge is 0.256 e. The number of benzene rings is 1. The van der Waals surface area contributed by atoms with Crippen molar-refractivity contribution < 1.29 is 9.21 Å². The zero-order valence-corrected chi connectivity index (χ0v) is 16.9. The number of rotatable bonds is 9. The number of aromatic amines is 1. The van der Waals surface area contributed by atoms with Gasteiger partial charge in [-0.2, -0.15) is 5.10 Å². The number of hydrogen-bond donors (Lipinski definition) is 2. The van der Waals surface area contributed by atoms with Crippen molar-refractivity contribution in [2.45, 2.75) is 32.2 Å². The van der Waals surface area contributed by atoms with E-state index in [-0.39, 0.29) is 18.3 Å². The van der Waals surface area contributed by atoms with E-state index in [1.54, 1.807) is 11.0 Å². The third-order valence-electron chi connectivity index (χ3n) is 4.59. The SMILES string of the molecule is CN(CCCCCc1cc(-c2ccccc2)n[nH]1)C(=O)c1coc(CN)c1.Cl. The van der Waals surface area contributed by atoms with Crippen molar-refractivity contribution in [1.82, 2.24) is 15.1 Å². The van der Waals surface area contributed by atoms with Gasteiger partial charge in [-0.1, -0.05) is 36.8 Å². The first-order valence-corrected chi connectivity index (χ1v) is 9.30. The summed E-state index contributed by atoms with van der Waals surface area (Å²) < 4.78 is 5.23. The molecule has 0 fully saturated rings. The Bertz CT molecular complexity index is 860. The summed E-state index contributed by atoms with van der Waals surface area (Å²) in [6, 6.07) is 14.0. The van der Waals surface area contributed by atoms with Crippen LogP contribution in [0.3, 0.4) is 0 Å². The maximum Gasteiger partial charge on any atom is 0.256 e. The molecular formula is C21H27ClN4O2. The maximum atomic E-state index is 12.3. The predicted octanol–water partition coefficient (Wildman–Crippen LogP) is 4.04. The Hall–Kier alpha value is -2.57. The minimum Gasteiger partial charge on any atom is -0.467 e. The molecule has 2 heterocycles. The molecule has 0 aliphatic heterocycles. The van der Waals surface area contributed by atoms with Crippen molar-refractivity contribution in [1.29, 1.82) is 0 Å². The van der Waals surface area contributed by atoms with E-state index in [9.17, 15) is 4.79 Å². The van der Waals surface area contributed by atoms with Gasteiger partial charge < -0.3 is 15.1 Å². The molecule has 0 saturated carbocycles. The number of nitrogens with two attached hydrogens (primary N) is 1. The van der Waals surface area contributed by atoms with Crippen LogP contribution in [-0.2, 0) is 13.0 Å². The number of carbonyl (C=O) groups excluding carboxylic acids is 1. The molecule has 0 aliphatic rings. The van der Waals surface area contributed by atoms with Gasteiger partial charge in [0.2, 0.25) is 0 Å². The molecular weight excluding hydrogens is 376 g/mol. The molecule has 0 saturated heterocycles. The maximum absolute atomic E-state index is 12.3. The van der Waals surface area contributed by atoms with Gasteiger partial charge in [-0.25, -0.2) is 0 Å². The van der Waals surface area contributed by atoms with E-state index in [0.29, 0.717) is 17.9 Å². The lowest BCUT2D eigenvalue weighted by Gasteiger charge is -2.15. The number of nitrogens with one attached hydrogen (secondary N) is 1. The van der Waals surface area contributed by atoms with Crippen LogP contribution in [-0.4, -0.2) is 34.6 Å². The van der Waals surface area contributed by atoms with Crippen molar-refractivity contribution in [3.05, 3.63) is 65.7 Å². The van der Waals surface area contributed by atoms with Crippen LogP contribution in [0.25, 0.3) is 11.3 Å². The van der Waals surface area contributed by atoms with Crippen LogP contribution < -0.4 is 5.73 Å². The Balaban J connectivity index is 0.00000280. The van der Waals surface area contributed by atoms with Crippen LogP contribution >= 0.6 is 12.4 Å². The minimum absolute atomic E-state index is 0. The van der Waals surface area contributed by atoms with Gasteiger partial charge >= 0.3 is 0 Å². The largest absolute Gasteiger partial charge is 0.467 e. The first kappa shape index (κ1) is 21.7. The number of hydrogen-bond acceptors (Lipinski definition) is 4. The predicted molar refractivity (Wildman–Crippen MR) is 112 cm³/mol. The van der Waals surface area contributed by atoms with Gasteiger partial charge in [0.1, 0.15) is 12.0 Å². The highest BCUT2D eigenvalue weighted by Gasteiger charge is 2.14. The molecule has 2 aromatic heterocycles. The van der Waals surface area contributed by atoms with Crippen molar-refractivity contribution in [3.8, 4) is 11.3 Å². The topological polar surface area (TPSA) is 88.2 Å². The Morgan fingerprint density at radius 1 is 1.18 bits per heavy atom. The molecule has 3 N–H and O–H groups in total. The number of furan rings is 1. The second kappa shape index (κ2) is 10.7. The second-order valence-electron chi connectivity index (χ2n) is 6.69. The van der Waals surface area contributed by atoms with Crippen molar-refractivity contribution in [3.63, 3.8) is 0 Å². The molecule has 0 aliphatic carbocycles. The highest BCUT2D eigenvalue weighted by atomic mass is 35.5. The highest BCUT2D eigenvalue weighted by Crippen LogP contribution is 2.18. The van der Waals surface area contributed by atoms with E-state index in [2.05, 4.69) is 28.4 Å². The molecule has 0 radical (unpaired) electrons. The van der Waals surface area contributed by atoms with E-state index in [1.807, 2.05) is 25.2 Å². The monoisotopic (exact) mass is 402 g/mol. The number of aryl methyl sites for hydroxylation is 1. The fourth-order valence-corrected chi connectivity index (χ4v) is 3.01. The summed E-state index contributed by atoms with van der Waals surface area (Å²) in [4.78, 5) is 14.0. The van der Waals surface area contributed by atoms with Crippen LogP contribution in [0.1, 0.15) is 41.1 Å². The first-order chi connectivity index (χ1) is 13.2. The van der Waals surface area contributed by atoms with Crippen molar-refractivity contribution in [2.24, 2.45) is 5.73 Å². The van der Waals surface area contributed by atoms with Crippen LogP contribution in [0, 0.1) is 0 Å². The van der Waals surface area contributed by atoms with Gasteiger partial charge in [-0.3, -0.25) is 9.89 Å². The molecule has 3 rings (SSSR count). The van der Waals surface area contributed by atoms with Gasteiger partial charge in [0.05, 0.1) is 17.8 Å². The third-order valence-corrected chi connectivity index (χ3v) is 4.59. The average Bonchev–Trinajstić information content (AvgIpc) is 3.37. The number of amides is 1. The molecule has 6 nitrogen and oxygen atoms in total. The number of aromatic nitrogens is 2. The zero-order chi connectivity index (χ0) is 19.1. The molecule has 0 atom stereocenters. The summed E-state index contributed by atoms with van der Waals surface area (Å²) in [6.45, 7) is 1.02. The molecule has 28 heavy (non-hydrogen) atoms. The molecule has 7 heteroatoms. The van der Waals surface area contributed by atoms with Gasteiger partial charge in [-0.05, 0) is 31.4 Å². The van der Waals surface area contributed by atoms with Crippen LogP contribution in [0.2, 0.25) is 0 Å². The summed E-state index contributed by atoms with van der Waals surface area (Å²) in [5.74, 6) is 0.598. The Labute approximate surface area is 171 Å². The van der Waals surface area contributed by atoms with Gasteiger partial charge in [0, 0.05) is 24.8 Å². The normalized spacial score (nSPS) is 10.5. The number of nitrogens with zero attached hydrogens (tertiary/aromatic N) is 2. The molecule has 1 amide bonds. The van der Waals surface area contributed by atoms with Gasteiger partial charge in [0.25, 0.3) is 5.91 Å². The zero-order valence-electron chi connectivity index (χ0n) is 16.1. The Kier molecular flexibility index (Phi) is 8.29. The summed E-state index contributed by atoms with van der Waals surface area (Å²) in [7, 11) is 1.82. The standard InChI is InChI=1S/C21H26N4O2.ClH/c1-25(21(26)17-12-19(14-22)27-15-17)11-7-3-6-10-18-13-20(24-23-18)16-8-4-2-5-9-16;/h2,4-5,8-9,12-13,15H,3,6-7,10-11,14,22H2,1H3,(H,23,24);1H. The summed E-state index contributed by atoms with van der Waals surface area (Å²) in [6.07, 6.45) is 5.50. The van der Waals surface area contributed by atoms with E-state index in [4.69, 9.17) is 10.2 Å². The second-order valence-corrected chi connectivity index (χ2v) is 6.69. The van der Waals surface area contributed by atoms with Crippen LogP contribution in [0.4, 0.5) is 0 Å². The van der Waals surface area contributed by atoms with Crippen molar-refractivity contribution >= 4 is 18.3 Å². The summed E-state index contributed by atoms with van der Waals surface area (Å²) in [5, 5.41) is 7.50. The van der Waals surface area contributed by atoms with E-state index >= 15 is 0 Å². The first-order valence-electron chi connectivity index (χ1n) is 9.30. The number of unbranched alkanes of at least 4 members (excludes halogenated alkanes) is 2. The van der Waals surface area contributed by atoms with E-state index in [1.165, 1.54) is 6.26 Å². The van der Waals surface area contributed by atoms with E-state index in [0.717, 1.165) is 49.2 Å². The van der Waals surface area contributed by atoms with Crippen molar-refractivity contribution in [2.75, 3.05) is 13.6 Å². The lowest BCUT2D eigenvalue weighted by molar-refractivity contribution is 0.0792. The highest BCUT2D eigenvalue weighted by molar-refractivity contribution is 5.93. The lowest BCUT2D eigenvalue weighted by atomic mass is 10.1. The summed E-state index contributed by atoms with van der Waals surface area (Å²) >= 11 is 0. The fourth-order valence-electron chi connectivity index (χ4n) is 3.01. The van der Waals surface area contributed by atoms with Gasteiger partial charge in [-0.15, -0.1) is 12.4 Å². The molecule has 0 spiro atoms. The Morgan fingerprint density at radius 3 is 2.68 bits per heavy atom. The lowest BCUT2D eigenvalue weighted by Crippen LogP contribution is -2.27. The third kappa shape index (κ3) is 5.71. The quantitative estimate of drug-likeness (QED) is 0.529. The average molecular weight is 403 g/mol. The molecule has 150 valence electrons. The fraction of sp³-hybridized carbons (Fsp3) is 0.333. The van der Waals surface area contributed by atoms with Crippen LogP contribution in [0.15, 0.2) is 53.1 Å². The van der Waals surface area contributed by atoms with E-state index < -0.39 is 0 Å².